The Morgan fingerprint density at radius 3 is 2.43 bits per heavy atom. The van der Waals surface area contributed by atoms with Crippen LogP contribution in [0.5, 0.6) is 5.75 Å². The standard InChI is InChI=1S/C30H19Br2ClF3IN2O4S/c1-2-42-28(41)23-24(16-5-9-20(33)10-6-16)39-27(40)22(44-29(39)38-26(23)30(34,35)36)12-17-11-19(32)13-21(37)25(17)43-14-15-3-7-18(31)8-4-15/h3-13,24H,2,14H2,1H3/b22-12-/t24-/m1/s1. The van der Waals surface area contributed by atoms with Crippen molar-refractivity contribution in [1.29, 1.82) is 0 Å². The van der Waals surface area contributed by atoms with Gasteiger partial charge in [0.25, 0.3) is 5.56 Å². The average molecular weight is 883 g/mol. The lowest BCUT2D eigenvalue weighted by atomic mass is 9.95. The van der Waals surface area contributed by atoms with Crippen LogP contribution in [0.25, 0.3) is 6.08 Å². The van der Waals surface area contributed by atoms with Gasteiger partial charge >= 0.3 is 12.1 Å². The Kier molecular flexibility index (Phi) is 10.1. The zero-order valence-corrected chi connectivity index (χ0v) is 29.3. The van der Waals surface area contributed by atoms with Crippen molar-refractivity contribution >= 4 is 89.4 Å². The molecule has 0 bridgehead atoms. The summed E-state index contributed by atoms with van der Waals surface area (Å²) in [7, 11) is 0. The quantitative estimate of drug-likeness (QED) is 0.141. The van der Waals surface area contributed by atoms with Crippen LogP contribution in [0.1, 0.15) is 29.7 Å². The molecule has 0 unspecified atom stereocenters. The van der Waals surface area contributed by atoms with Crippen LogP contribution in [0.4, 0.5) is 13.2 Å². The number of halogens is 7. The fourth-order valence-electron chi connectivity index (χ4n) is 4.52. The van der Waals surface area contributed by atoms with Gasteiger partial charge in [-0.05, 0) is 83.1 Å². The molecule has 14 heteroatoms. The summed E-state index contributed by atoms with van der Waals surface area (Å²) in [6, 6.07) is 15.6. The van der Waals surface area contributed by atoms with Crippen LogP contribution in [0.2, 0.25) is 5.02 Å². The molecule has 4 aromatic rings. The van der Waals surface area contributed by atoms with E-state index in [-0.39, 0.29) is 28.1 Å². The molecule has 0 saturated carbocycles. The van der Waals surface area contributed by atoms with Crippen molar-refractivity contribution in [2.45, 2.75) is 25.7 Å². The van der Waals surface area contributed by atoms with Crippen molar-refractivity contribution in [1.82, 2.24) is 4.57 Å². The third-order valence-electron chi connectivity index (χ3n) is 6.40. The van der Waals surface area contributed by atoms with Gasteiger partial charge in [0.2, 0.25) is 0 Å². The van der Waals surface area contributed by atoms with E-state index in [4.69, 9.17) is 21.1 Å². The van der Waals surface area contributed by atoms with Gasteiger partial charge in [0, 0.05) is 19.5 Å². The second-order valence-corrected chi connectivity index (χ2v) is 13.8. The normalized spacial score (nSPS) is 15.2. The zero-order valence-electron chi connectivity index (χ0n) is 22.4. The number of aromatic nitrogens is 1. The van der Waals surface area contributed by atoms with E-state index in [0.29, 0.717) is 20.8 Å². The number of hydrogen-bond acceptors (Lipinski definition) is 6. The zero-order chi connectivity index (χ0) is 31.8. The Labute approximate surface area is 288 Å². The Hall–Kier alpha value is -2.46. The molecule has 0 spiro atoms. The second kappa shape index (κ2) is 13.5. The molecule has 0 fully saturated rings. The van der Waals surface area contributed by atoms with Gasteiger partial charge in [-0.1, -0.05) is 79.1 Å². The van der Waals surface area contributed by atoms with E-state index in [1.807, 2.05) is 30.3 Å². The van der Waals surface area contributed by atoms with Gasteiger partial charge in [0.05, 0.1) is 26.3 Å². The van der Waals surface area contributed by atoms with E-state index in [2.05, 4.69) is 59.4 Å². The van der Waals surface area contributed by atoms with Crippen LogP contribution in [-0.2, 0) is 16.1 Å². The van der Waals surface area contributed by atoms with Gasteiger partial charge < -0.3 is 9.47 Å². The Morgan fingerprint density at radius 2 is 1.80 bits per heavy atom. The van der Waals surface area contributed by atoms with E-state index in [1.54, 1.807) is 12.1 Å². The molecule has 1 aromatic heterocycles. The monoisotopic (exact) mass is 880 g/mol. The van der Waals surface area contributed by atoms with E-state index in [9.17, 15) is 22.8 Å². The number of allylic oxidation sites excluding steroid dienone is 1. The smallest absolute Gasteiger partial charge is 0.434 e. The number of thiazole rings is 1. The Bertz CT molecular complexity index is 1960. The second-order valence-electron chi connectivity index (χ2n) is 9.34. The summed E-state index contributed by atoms with van der Waals surface area (Å²) < 4.78 is 57.9. The summed E-state index contributed by atoms with van der Waals surface area (Å²) in [6.07, 6.45) is -3.45. The first-order valence-electron chi connectivity index (χ1n) is 12.8. The number of fused-ring (bicyclic) bond motifs is 1. The van der Waals surface area contributed by atoms with Crippen molar-refractivity contribution in [3.05, 3.63) is 126 Å². The lowest BCUT2D eigenvalue weighted by Crippen LogP contribution is -2.41. The number of ether oxygens (including phenoxy) is 2. The topological polar surface area (TPSA) is 69.9 Å². The van der Waals surface area contributed by atoms with E-state index < -0.39 is 35.0 Å². The molecule has 2 heterocycles. The maximum atomic E-state index is 14.4. The molecule has 1 aliphatic rings. The van der Waals surface area contributed by atoms with Crippen LogP contribution in [0.3, 0.4) is 0 Å². The maximum absolute atomic E-state index is 14.4. The summed E-state index contributed by atoms with van der Waals surface area (Å²) in [5.74, 6) is -0.733. The highest BCUT2D eigenvalue weighted by molar-refractivity contribution is 14.1. The molecule has 228 valence electrons. The maximum Gasteiger partial charge on any atom is 0.434 e. The third kappa shape index (κ3) is 7.01. The SMILES string of the molecule is CCOC(=O)C1=C(C(F)(F)F)N=c2s/c(=C\c3cc(Br)cc(I)c3OCc3ccc(Br)cc3)c(=O)n2[C@@H]1c1ccc(Cl)cc1. The van der Waals surface area contributed by atoms with E-state index in [0.717, 1.165) is 29.5 Å². The lowest BCUT2D eigenvalue weighted by Gasteiger charge is -2.26. The van der Waals surface area contributed by atoms with Gasteiger partial charge in [-0.2, -0.15) is 13.2 Å². The van der Waals surface area contributed by atoms with Gasteiger partial charge in [0.15, 0.2) is 10.5 Å². The average Bonchev–Trinajstić information content (AvgIpc) is 3.27. The number of carbonyl (C=O) groups excluding carboxylic acids is 1. The number of carbonyl (C=O) groups is 1. The molecule has 0 saturated heterocycles. The van der Waals surface area contributed by atoms with Gasteiger partial charge in [0.1, 0.15) is 12.4 Å². The lowest BCUT2D eigenvalue weighted by molar-refractivity contribution is -0.140. The van der Waals surface area contributed by atoms with Crippen molar-refractivity contribution in [3.63, 3.8) is 0 Å². The van der Waals surface area contributed by atoms with Crippen molar-refractivity contribution in [2.75, 3.05) is 6.61 Å². The first kappa shape index (κ1) is 32.9. The highest BCUT2D eigenvalue weighted by Gasteiger charge is 2.45. The predicted molar refractivity (Wildman–Crippen MR) is 178 cm³/mol. The minimum absolute atomic E-state index is 0.0942. The molecular weight excluding hydrogens is 864 g/mol. The van der Waals surface area contributed by atoms with Crippen molar-refractivity contribution in [3.8, 4) is 5.75 Å². The molecular formula is C30H19Br2ClF3IN2O4S. The van der Waals surface area contributed by atoms with Crippen LogP contribution >= 0.6 is 77.4 Å². The third-order valence-corrected chi connectivity index (χ3v) is 9.42. The summed E-state index contributed by atoms with van der Waals surface area (Å²) >= 11 is 15.8. The van der Waals surface area contributed by atoms with Crippen LogP contribution in [0, 0.1) is 3.57 Å². The molecule has 6 nitrogen and oxygen atoms in total. The number of esters is 1. The number of alkyl halides is 3. The van der Waals surface area contributed by atoms with Crippen molar-refractivity contribution in [2.24, 2.45) is 4.99 Å². The summed E-state index contributed by atoms with van der Waals surface area (Å²) in [4.78, 5) is 30.6. The van der Waals surface area contributed by atoms with Gasteiger partial charge in [-0.15, -0.1) is 0 Å². The molecule has 1 aliphatic heterocycles. The highest BCUT2D eigenvalue weighted by Crippen LogP contribution is 2.38. The molecule has 0 aliphatic carbocycles. The molecule has 0 N–H and O–H groups in total. The van der Waals surface area contributed by atoms with Crippen LogP contribution in [-0.4, -0.2) is 23.3 Å². The Balaban J connectivity index is 1.71. The summed E-state index contributed by atoms with van der Waals surface area (Å²) in [5.41, 5.74) is -1.17. The molecule has 5 rings (SSSR count). The Morgan fingerprint density at radius 1 is 1.11 bits per heavy atom. The fraction of sp³-hybridized carbons (Fsp3) is 0.167. The number of rotatable bonds is 7. The largest absolute Gasteiger partial charge is 0.487 e. The first-order chi connectivity index (χ1) is 20.9. The van der Waals surface area contributed by atoms with Crippen molar-refractivity contribution < 1.29 is 27.4 Å². The van der Waals surface area contributed by atoms with Crippen LogP contribution in [0.15, 0.2) is 90.7 Å². The van der Waals surface area contributed by atoms with Crippen LogP contribution < -0.4 is 19.6 Å². The fourth-order valence-corrected chi connectivity index (χ4v) is 7.61. The molecule has 0 amide bonds. The first-order valence-corrected chi connectivity index (χ1v) is 16.6. The molecule has 0 radical (unpaired) electrons. The number of benzene rings is 3. The van der Waals surface area contributed by atoms with E-state index >= 15 is 0 Å². The molecule has 3 aromatic carbocycles. The number of nitrogens with zero attached hydrogens (tertiary/aromatic N) is 2. The number of hydrogen-bond donors (Lipinski definition) is 0. The summed E-state index contributed by atoms with van der Waals surface area (Å²) in [5, 5.41) is 0.332. The van der Waals surface area contributed by atoms with E-state index in [1.165, 1.54) is 31.2 Å². The summed E-state index contributed by atoms with van der Waals surface area (Å²) in [6.45, 7) is 1.55. The highest BCUT2D eigenvalue weighted by atomic mass is 127. The minimum Gasteiger partial charge on any atom is -0.487 e. The molecule has 44 heavy (non-hydrogen) atoms. The van der Waals surface area contributed by atoms with Gasteiger partial charge in [-0.25, -0.2) is 9.79 Å². The predicted octanol–water partition coefficient (Wildman–Crippen LogP) is 7.70. The van der Waals surface area contributed by atoms with Gasteiger partial charge in [-0.3, -0.25) is 9.36 Å². The minimum atomic E-state index is -5.00. The molecule has 1 atom stereocenters.